The predicted octanol–water partition coefficient (Wildman–Crippen LogP) is 1.08. The second-order valence-corrected chi connectivity index (χ2v) is 5.50. The second kappa shape index (κ2) is 7.06. The van der Waals surface area contributed by atoms with Gasteiger partial charge in [0, 0.05) is 19.5 Å². The Balaban J connectivity index is 1.98. The molecule has 1 unspecified atom stereocenters. The van der Waals surface area contributed by atoms with E-state index in [0.29, 0.717) is 19.4 Å². The van der Waals surface area contributed by atoms with Crippen LogP contribution in [0.5, 0.6) is 0 Å². The van der Waals surface area contributed by atoms with Crippen molar-refractivity contribution in [2.24, 2.45) is 0 Å². The van der Waals surface area contributed by atoms with Gasteiger partial charge in [0.2, 0.25) is 11.8 Å². The highest BCUT2D eigenvalue weighted by atomic mass is 16.4. The Kier molecular flexibility index (Phi) is 5.14. The van der Waals surface area contributed by atoms with E-state index in [1.165, 1.54) is 0 Å². The molecule has 22 heavy (non-hydrogen) atoms. The number of benzene rings is 1. The van der Waals surface area contributed by atoms with Gasteiger partial charge in [0.25, 0.3) is 0 Å². The van der Waals surface area contributed by atoms with Crippen molar-refractivity contribution < 1.29 is 19.5 Å². The molecule has 1 aromatic rings. The molecular formula is C16H20N2O4. The Morgan fingerprint density at radius 1 is 1.32 bits per heavy atom. The van der Waals surface area contributed by atoms with Gasteiger partial charge in [0.15, 0.2) is 0 Å². The topological polar surface area (TPSA) is 86.7 Å². The van der Waals surface area contributed by atoms with Crippen LogP contribution < -0.4 is 5.32 Å². The lowest BCUT2D eigenvalue weighted by Gasteiger charge is -2.24. The quantitative estimate of drug-likeness (QED) is 0.823. The van der Waals surface area contributed by atoms with Crippen molar-refractivity contribution in [1.82, 2.24) is 10.2 Å². The lowest BCUT2D eigenvalue weighted by Crippen LogP contribution is -2.44. The fourth-order valence-corrected chi connectivity index (χ4v) is 2.51. The van der Waals surface area contributed by atoms with Crippen LogP contribution in [0.3, 0.4) is 0 Å². The first-order chi connectivity index (χ1) is 10.5. The van der Waals surface area contributed by atoms with Crippen molar-refractivity contribution in [3.63, 3.8) is 0 Å². The summed E-state index contributed by atoms with van der Waals surface area (Å²) in [5, 5.41) is 11.2. The summed E-state index contributed by atoms with van der Waals surface area (Å²) in [5.41, 5.74) is 2.11. The van der Waals surface area contributed by atoms with Gasteiger partial charge in [-0.25, -0.2) is 0 Å². The fourth-order valence-electron chi connectivity index (χ4n) is 2.51. The molecule has 1 saturated heterocycles. The van der Waals surface area contributed by atoms with Crippen LogP contribution in [0.15, 0.2) is 24.3 Å². The number of amides is 2. The summed E-state index contributed by atoms with van der Waals surface area (Å²) in [5.74, 6) is -1.28. The van der Waals surface area contributed by atoms with Gasteiger partial charge in [0.05, 0.1) is 6.42 Å². The minimum Gasteiger partial charge on any atom is -0.481 e. The number of aliphatic carboxylic acids is 1. The number of rotatable bonds is 6. The zero-order valence-electron chi connectivity index (χ0n) is 12.5. The van der Waals surface area contributed by atoms with Crippen LogP contribution in [0.2, 0.25) is 0 Å². The Labute approximate surface area is 129 Å². The van der Waals surface area contributed by atoms with Crippen molar-refractivity contribution in [3.8, 4) is 0 Å². The first-order valence-electron chi connectivity index (χ1n) is 7.32. The van der Waals surface area contributed by atoms with Gasteiger partial charge in [-0.3, -0.25) is 14.4 Å². The third-order valence-electron chi connectivity index (χ3n) is 3.74. The molecule has 0 spiro atoms. The Bertz CT molecular complexity index is 568. The van der Waals surface area contributed by atoms with Crippen LogP contribution in [0.25, 0.3) is 0 Å². The van der Waals surface area contributed by atoms with Crippen molar-refractivity contribution in [2.75, 3.05) is 6.54 Å². The molecule has 1 aliphatic rings. The molecule has 0 saturated carbocycles. The summed E-state index contributed by atoms with van der Waals surface area (Å²) in [6, 6.07) is 7.32. The second-order valence-electron chi connectivity index (χ2n) is 5.50. The largest absolute Gasteiger partial charge is 0.481 e. The van der Waals surface area contributed by atoms with E-state index < -0.39 is 12.0 Å². The van der Waals surface area contributed by atoms with E-state index in [0.717, 1.165) is 11.1 Å². The number of likely N-dealkylation sites (tertiary alicyclic amines) is 1. The maximum Gasteiger partial charge on any atom is 0.305 e. The van der Waals surface area contributed by atoms with Crippen molar-refractivity contribution in [2.45, 2.75) is 38.8 Å². The smallest absolute Gasteiger partial charge is 0.305 e. The number of hydrogen-bond donors (Lipinski definition) is 2. The van der Waals surface area contributed by atoms with Crippen LogP contribution in [-0.2, 0) is 20.9 Å². The molecule has 2 N–H and O–H groups in total. The highest BCUT2D eigenvalue weighted by molar-refractivity contribution is 5.91. The number of carbonyl (C=O) groups is 3. The molecule has 1 fully saturated rings. The molecule has 1 aliphatic heterocycles. The van der Waals surface area contributed by atoms with Crippen LogP contribution in [0.1, 0.15) is 30.4 Å². The number of nitrogens with one attached hydrogen (secondary N) is 1. The van der Waals surface area contributed by atoms with Gasteiger partial charge in [-0.2, -0.15) is 0 Å². The highest BCUT2D eigenvalue weighted by Crippen LogP contribution is 2.21. The minimum absolute atomic E-state index is 0.0426. The van der Waals surface area contributed by atoms with Crippen molar-refractivity contribution in [1.29, 1.82) is 0 Å². The maximum absolute atomic E-state index is 12.1. The molecule has 2 amide bonds. The Morgan fingerprint density at radius 2 is 2.00 bits per heavy atom. The van der Waals surface area contributed by atoms with E-state index in [-0.39, 0.29) is 24.8 Å². The average molecular weight is 304 g/mol. The summed E-state index contributed by atoms with van der Waals surface area (Å²) < 4.78 is 0. The number of nitrogens with zero attached hydrogens (tertiary/aromatic N) is 1. The SMILES string of the molecule is Cc1ccc(CN2C(=O)CCC2C(=O)NCCC(=O)O)cc1. The molecular weight excluding hydrogens is 284 g/mol. The molecule has 2 rings (SSSR count). The van der Waals surface area contributed by atoms with Gasteiger partial charge in [0.1, 0.15) is 6.04 Å². The zero-order valence-corrected chi connectivity index (χ0v) is 12.5. The van der Waals surface area contributed by atoms with E-state index in [4.69, 9.17) is 5.11 Å². The third-order valence-corrected chi connectivity index (χ3v) is 3.74. The molecule has 6 nitrogen and oxygen atoms in total. The summed E-state index contributed by atoms with van der Waals surface area (Å²) >= 11 is 0. The van der Waals surface area contributed by atoms with E-state index in [1.54, 1.807) is 4.90 Å². The van der Waals surface area contributed by atoms with Gasteiger partial charge < -0.3 is 15.3 Å². The van der Waals surface area contributed by atoms with Crippen molar-refractivity contribution >= 4 is 17.8 Å². The molecule has 1 aromatic carbocycles. The number of aryl methyl sites for hydroxylation is 1. The maximum atomic E-state index is 12.1. The minimum atomic E-state index is -0.959. The summed E-state index contributed by atoms with van der Waals surface area (Å²) in [4.78, 5) is 36.2. The number of carboxylic acids is 1. The van der Waals surface area contributed by atoms with Gasteiger partial charge in [-0.1, -0.05) is 29.8 Å². The lowest BCUT2D eigenvalue weighted by molar-refractivity contribution is -0.138. The predicted molar refractivity (Wildman–Crippen MR) is 80.0 cm³/mol. The van der Waals surface area contributed by atoms with Crippen molar-refractivity contribution in [3.05, 3.63) is 35.4 Å². The standard InChI is InChI=1S/C16H20N2O4/c1-11-2-4-12(5-3-11)10-18-13(6-7-14(18)19)16(22)17-9-8-15(20)21/h2-5,13H,6-10H2,1H3,(H,17,22)(H,20,21). The van der Waals surface area contributed by atoms with Gasteiger partial charge in [-0.15, -0.1) is 0 Å². The van der Waals surface area contributed by atoms with Gasteiger partial charge >= 0.3 is 5.97 Å². The van der Waals surface area contributed by atoms with E-state index >= 15 is 0 Å². The molecule has 6 heteroatoms. The van der Waals surface area contributed by atoms with Crippen LogP contribution in [0.4, 0.5) is 0 Å². The number of hydrogen-bond acceptors (Lipinski definition) is 3. The third kappa shape index (κ3) is 4.07. The molecule has 0 aliphatic carbocycles. The summed E-state index contributed by atoms with van der Waals surface area (Å²) in [6.07, 6.45) is 0.705. The molecule has 0 radical (unpaired) electrons. The lowest BCUT2D eigenvalue weighted by atomic mass is 10.1. The monoisotopic (exact) mass is 304 g/mol. The first-order valence-corrected chi connectivity index (χ1v) is 7.32. The average Bonchev–Trinajstić information content (AvgIpc) is 2.82. The first kappa shape index (κ1) is 16.0. The normalized spacial score (nSPS) is 17.6. The molecule has 118 valence electrons. The van der Waals surface area contributed by atoms with E-state index in [9.17, 15) is 14.4 Å². The Morgan fingerprint density at radius 3 is 2.64 bits per heavy atom. The zero-order chi connectivity index (χ0) is 16.1. The van der Waals surface area contributed by atoms with E-state index in [1.807, 2.05) is 31.2 Å². The van der Waals surface area contributed by atoms with Gasteiger partial charge in [-0.05, 0) is 18.9 Å². The summed E-state index contributed by atoms with van der Waals surface area (Å²) in [6.45, 7) is 2.47. The number of carboxylic acid groups (broad SMARTS) is 1. The summed E-state index contributed by atoms with van der Waals surface area (Å²) in [7, 11) is 0. The Hall–Kier alpha value is -2.37. The molecule has 1 atom stereocenters. The molecule has 0 bridgehead atoms. The fraction of sp³-hybridized carbons (Fsp3) is 0.438. The van der Waals surface area contributed by atoms with Crippen LogP contribution in [-0.4, -0.2) is 40.4 Å². The van der Waals surface area contributed by atoms with Crippen LogP contribution >= 0.6 is 0 Å². The highest BCUT2D eigenvalue weighted by Gasteiger charge is 2.35. The van der Waals surface area contributed by atoms with E-state index in [2.05, 4.69) is 5.32 Å². The molecule has 0 aromatic heterocycles. The van der Waals surface area contributed by atoms with Crippen LogP contribution in [0, 0.1) is 6.92 Å². The molecule has 1 heterocycles. The number of carbonyl (C=O) groups excluding carboxylic acids is 2.